The largest absolute Gasteiger partial charge is 0.550 e. The molecular formula is C40H52N16O10S2. The van der Waals surface area contributed by atoms with Crippen molar-refractivity contribution in [3.8, 4) is 23.7 Å². The van der Waals surface area contributed by atoms with Gasteiger partial charge < -0.3 is 56.0 Å². The van der Waals surface area contributed by atoms with Gasteiger partial charge in [-0.1, -0.05) is 29.0 Å². The first-order valence-electron chi connectivity index (χ1n) is 21.2. The van der Waals surface area contributed by atoms with Crippen LogP contribution < -0.4 is 16.6 Å². The van der Waals surface area contributed by atoms with E-state index in [9.17, 15) is 35.1 Å². The number of aliphatic hydroxyl groups is 4. The van der Waals surface area contributed by atoms with Gasteiger partial charge in [0.25, 0.3) is 0 Å². The Kier molecular flexibility index (Phi) is 20.5. The highest BCUT2D eigenvalue weighted by atomic mass is 32.2. The third kappa shape index (κ3) is 14.2. The lowest BCUT2D eigenvalue weighted by Crippen LogP contribution is -2.40. The number of carboxylic acid groups (broad SMARTS) is 1. The smallest absolute Gasteiger partial charge is 0.312 e. The molecule has 0 saturated carbocycles. The molecule has 11 atom stereocenters. The van der Waals surface area contributed by atoms with Gasteiger partial charge in [0, 0.05) is 64.3 Å². The first kappa shape index (κ1) is 52.8. The Morgan fingerprint density at radius 2 is 1.38 bits per heavy atom. The van der Waals surface area contributed by atoms with Crippen LogP contribution in [0.1, 0.15) is 52.0 Å². The fourth-order valence-corrected chi connectivity index (χ4v) is 9.73. The standard InChI is InChI=1S/C20H26N8O5S.C16H20N8O3S.C4H6O2/c1-12(20(31)32)8-34(7-5-3-2-4-6-26-27-22)9-13-15(29)16(30)19(33-13)28-11-25-14-17(21)23-10-24-18(14)28;17-14-11-15(20-8-19-14)24(9-21-11)16-13(26)12(25)10(27-16)7-28-6-4-2-1-3-5-22-23-18;1-3-2-6-4(3)5/h10-13,15-16,19,29-30H,2,4,6-9H2,1H3,(H2-,21,23,24,31,32);8-10,12-13,16,25-26H,1,3,5-7H2,(H2,17,19,20);3H,2H2,1H3/t12-,13+,15?,16-,19+,34?;10-,12?,13+,16-;3-/m010/s1. The predicted octanol–water partition coefficient (Wildman–Crippen LogP) is 0.160. The van der Waals surface area contributed by atoms with E-state index in [4.69, 9.17) is 32.0 Å². The number of aliphatic carboxylic acids is 1. The highest BCUT2D eigenvalue weighted by Crippen LogP contribution is 2.34. The molecule has 8 N–H and O–H groups in total. The normalized spacial score (nSPS) is 24.4. The number of hydrogen-bond donors (Lipinski definition) is 6. The molecule has 3 fully saturated rings. The van der Waals surface area contributed by atoms with Crippen molar-refractivity contribution < 1.29 is 49.3 Å². The van der Waals surface area contributed by atoms with Crippen LogP contribution in [-0.4, -0.2) is 156 Å². The summed E-state index contributed by atoms with van der Waals surface area (Å²) in [5.41, 5.74) is 29.6. The number of ether oxygens (including phenoxy) is 3. The molecule has 4 aromatic rings. The fourth-order valence-electron chi connectivity index (χ4n) is 6.64. The van der Waals surface area contributed by atoms with E-state index >= 15 is 0 Å². The summed E-state index contributed by atoms with van der Waals surface area (Å²) in [6.07, 6.45) is 0.371. The molecule has 0 bridgehead atoms. The van der Waals surface area contributed by atoms with Crippen molar-refractivity contribution in [2.75, 3.05) is 59.9 Å². The summed E-state index contributed by atoms with van der Waals surface area (Å²) in [6, 6.07) is 0. The first-order chi connectivity index (χ1) is 32.8. The van der Waals surface area contributed by atoms with Crippen LogP contribution in [-0.2, 0) is 34.7 Å². The second-order valence-corrected chi connectivity index (χ2v) is 18.6. The number of fused-ring (bicyclic) bond motifs is 2. The molecule has 7 rings (SSSR count). The quantitative estimate of drug-likeness (QED) is 0.0156. The summed E-state index contributed by atoms with van der Waals surface area (Å²) >= 11 is 1.51. The lowest BCUT2D eigenvalue weighted by Gasteiger charge is -2.19. The lowest BCUT2D eigenvalue weighted by atomic mass is 10.1. The summed E-state index contributed by atoms with van der Waals surface area (Å²) in [6.45, 7) is 4.84. The van der Waals surface area contributed by atoms with Gasteiger partial charge in [0.15, 0.2) is 41.1 Å². The van der Waals surface area contributed by atoms with E-state index < -0.39 is 71.9 Å². The third-order valence-corrected chi connectivity index (χ3v) is 13.6. The van der Waals surface area contributed by atoms with Crippen LogP contribution in [0.15, 0.2) is 35.5 Å². The molecule has 3 aliphatic heterocycles. The van der Waals surface area contributed by atoms with E-state index in [2.05, 4.69) is 78.4 Å². The number of rotatable bonds is 17. The number of hydrogen-bond acceptors (Lipinski definition) is 21. The van der Waals surface area contributed by atoms with Crippen molar-refractivity contribution in [1.82, 2.24) is 39.0 Å². The molecule has 7 heterocycles. The SMILES string of the molecule is C[C@@H](C[S+](CC#CCCCN=[N+]=[N-])C[C@H]1O[C@@H](n2cnc3c(N)ncnc32)[C@@H](O)C1O)C(=O)[O-].C[C@H]1COC1=O.[N-]=[N+]=NCCCC#CCSC[C@H]1O[C@@H](n2cnc3c(N)ncnc32)[C@@H](O)C1O. The molecule has 364 valence electrons. The maximum absolute atomic E-state index is 11.3. The maximum atomic E-state index is 11.3. The Bertz CT molecular complexity index is 2550. The minimum absolute atomic E-state index is 0.0602. The Morgan fingerprint density at radius 3 is 1.87 bits per heavy atom. The minimum atomic E-state index is -1.26. The average Bonchev–Trinajstić information content (AvgIpc) is 4.10. The van der Waals surface area contributed by atoms with E-state index in [-0.39, 0.29) is 23.5 Å². The van der Waals surface area contributed by atoms with Crippen molar-refractivity contribution in [2.24, 2.45) is 22.1 Å². The van der Waals surface area contributed by atoms with E-state index in [1.807, 2.05) is 6.92 Å². The first-order valence-corrected chi connectivity index (χ1v) is 24.1. The number of nitrogens with zero attached hydrogens (tertiary/aromatic N) is 14. The minimum Gasteiger partial charge on any atom is -0.550 e. The molecule has 68 heavy (non-hydrogen) atoms. The molecule has 26 nitrogen and oxygen atoms in total. The molecule has 3 unspecified atom stereocenters. The zero-order chi connectivity index (χ0) is 49.2. The molecule has 0 amide bonds. The van der Waals surface area contributed by atoms with Crippen LogP contribution in [0, 0.1) is 35.5 Å². The molecule has 0 aromatic carbocycles. The Labute approximate surface area is 396 Å². The van der Waals surface area contributed by atoms with Crippen LogP contribution in [0.3, 0.4) is 0 Å². The van der Waals surface area contributed by atoms with Gasteiger partial charge in [0.2, 0.25) is 0 Å². The number of carboxylic acids is 1. The topological polar surface area (TPSA) is 403 Å². The lowest BCUT2D eigenvalue weighted by molar-refractivity contribution is -0.310. The highest BCUT2D eigenvalue weighted by Gasteiger charge is 2.47. The predicted molar refractivity (Wildman–Crippen MR) is 247 cm³/mol. The zero-order valence-electron chi connectivity index (χ0n) is 37.0. The number of carbonyl (C=O) groups excluding carboxylic acids is 2. The monoisotopic (exact) mass is 980 g/mol. The van der Waals surface area contributed by atoms with Crippen LogP contribution in [0.5, 0.6) is 0 Å². The van der Waals surface area contributed by atoms with Crippen molar-refractivity contribution in [3.05, 3.63) is 46.2 Å². The van der Waals surface area contributed by atoms with Gasteiger partial charge in [-0.15, -0.1) is 17.7 Å². The number of imidazole rings is 2. The molecular weight excluding hydrogens is 929 g/mol. The molecule has 3 aliphatic rings. The number of carbonyl (C=O) groups is 2. The average molecular weight is 981 g/mol. The second-order valence-electron chi connectivity index (χ2n) is 15.4. The third-order valence-electron chi connectivity index (χ3n) is 10.4. The van der Waals surface area contributed by atoms with Crippen molar-refractivity contribution in [3.63, 3.8) is 0 Å². The van der Waals surface area contributed by atoms with Gasteiger partial charge in [0.1, 0.15) is 72.3 Å². The molecule has 0 radical (unpaired) electrons. The van der Waals surface area contributed by atoms with E-state index in [0.29, 0.717) is 90.1 Å². The molecule has 4 aromatic heterocycles. The number of esters is 1. The second kappa shape index (κ2) is 26.4. The molecule has 0 spiro atoms. The number of azide groups is 2. The van der Waals surface area contributed by atoms with Crippen LogP contribution in [0.2, 0.25) is 0 Å². The summed E-state index contributed by atoms with van der Waals surface area (Å²) in [7, 11) is -0.545. The molecule has 3 saturated heterocycles. The molecule has 0 aliphatic carbocycles. The van der Waals surface area contributed by atoms with Gasteiger partial charge in [-0.2, -0.15) is 0 Å². The van der Waals surface area contributed by atoms with Gasteiger partial charge in [-0.3, -0.25) is 13.9 Å². The van der Waals surface area contributed by atoms with Crippen molar-refractivity contribution >= 4 is 68.6 Å². The Morgan fingerprint density at radius 1 is 0.868 bits per heavy atom. The molecule has 28 heteroatoms. The van der Waals surface area contributed by atoms with Crippen molar-refractivity contribution in [2.45, 2.75) is 88.6 Å². The van der Waals surface area contributed by atoms with E-state index in [0.717, 1.165) is 6.42 Å². The number of anilines is 2. The highest BCUT2D eigenvalue weighted by molar-refractivity contribution is 7.99. The van der Waals surface area contributed by atoms with Gasteiger partial charge in [-0.25, -0.2) is 29.9 Å². The summed E-state index contributed by atoms with van der Waals surface area (Å²) in [5.74, 6) is 12.8. The number of unbranched alkanes of at least 4 members (excludes halogenated alkanes) is 2. The summed E-state index contributed by atoms with van der Waals surface area (Å²) in [5, 5.41) is 60.2. The number of nitrogens with two attached hydrogens (primary N) is 2. The van der Waals surface area contributed by atoms with Crippen LogP contribution in [0.25, 0.3) is 43.2 Å². The number of nitrogen functional groups attached to an aromatic ring is 2. The van der Waals surface area contributed by atoms with Gasteiger partial charge >= 0.3 is 5.97 Å². The maximum Gasteiger partial charge on any atom is 0.312 e. The van der Waals surface area contributed by atoms with Gasteiger partial charge in [-0.05, 0) is 36.7 Å². The summed E-state index contributed by atoms with van der Waals surface area (Å²) in [4.78, 5) is 51.1. The van der Waals surface area contributed by atoms with E-state index in [1.165, 1.54) is 41.6 Å². The van der Waals surface area contributed by atoms with Gasteiger partial charge in [0.05, 0.1) is 30.4 Å². The fraction of sp³-hybridized carbons (Fsp3) is 0.600. The zero-order valence-corrected chi connectivity index (χ0v) is 38.7. The number of aromatic nitrogens is 8. The Balaban J connectivity index is 0.000000229. The van der Waals surface area contributed by atoms with Crippen LogP contribution in [0.4, 0.5) is 11.6 Å². The van der Waals surface area contributed by atoms with Crippen LogP contribution >= 0.6 is 11.8 Å². The summed E-state index contributed by atoms with van der Waals surface area (Å²) < 4.78 is 19.3. The van der Waals surface area contributed by atoms with E-state index in [1.54, 1.807) is 11.5 Å². The Hall–Kier alpha value is -6.16. The van der Waals surface area contributed by atoms with Crippen molar-refractivity contribution in [1.29, 1.82) is 0 Å². The number of cyclic esters (lactones) is 1. The number of thioether (sulfide) groups is 1. The number of aliphatic hydroxyl groups excluding tert-OH is 4.